The van der Waals surface area contributed by atoms with Crippen LogP contribution in [-0.4, -0.2) is 44.7 Å². The number of nitrogens with zero attached hydrogens (tertiary/aromatic N) is 5. The molecule has 4 aromatic heterocycles. The normalized spacial score (nSPS) is 11.8. The van der Waals surface area contributed by atoms with E-state index in [9.17, 15) is 5.11 Å². The Morgan fingerprint density at radius 1 is 0.919 bits per heavy atom. The second-order valence-electron chi connectivity index (χ2n) is 8.23. The van der Waals surface area contributed by atoms with Crippen LogP contribution in [0.1, 0.15) is 43.9 Å². The Hall–Kier alpha value is -4.08. The molecule has 9 heteroatoms. The lowest BCUT2D eigenvalue weighted by Gasteiger charge is -2.33. The zero-order valence-electron chi connectivity index (χ0n) is 21.1. The van der Waals surface area contributed by atoms with Gasteiger partial charge >= 0.3 is 0 Å². The first-order valence-electron chi connectivity index (χ1n) is 12.4. The number of rotatable bonds is 13. The van der Waals surface area contributed by atoms with Crippen molar-refractivity contribution in [1.29, 1.82) is 0 Å². The third-order valence-corrected chi connectivity index (χ3v) is 5.58. The maximum atomic E-state index is 10.3. The van der Waals surface area contributed by atoms with E-state index in [0.29, 0.717) is 30.7 Å². The van der Waals surface area contributed by atoms with Gasteiger partial charge in [-0.1, -0.05) is 31.5 Å². The standard InChI is InChI=1S/C28H32N6O3/c1-3-5-17-37-28(35)33-24-11-6-12-25(32-24)34(23-13-14-26(31-20-23)36-4-2)27(21-9-7-15-29-18-21)22-10-8-16-30-19-22/h6-16,18-20,27-28,35H,3-5,17H2,1-2H3,(H,32,33). The molecule has 0 aromatic carbocycles. The molecule has 1 atom stereocenters. The van der Waals surface area contributed by atoms with Crippen LogP contribution in [0.5, 0.6) is 5.88 Å². The molecule has 4 heterocycles. The molecule has 192 valence electrons. The van der Waals surface area contributed by atoms with Gasteiger partial charge in [-0.2, -0.15) is 0 Å². The first kappa shape index (κ1) is 26.0. The van der Waals surface area contributed by atoms with Crippen LogP contribution in [0.4, 0.5) is 17.3 Å². The average molecular weight is 501 g/mol. The molecule has 0 bridgehead atoms. The molecule has 0 amide bonds. The summed E-state index contributed by atoms with van der Waals surface area (Å²) in [6.45, 7) is 4.98. The van der Waals surface area contributed by atoms with E-state index < -0.39 is 6.41 Å². The minimum absolute atomic E-state index is 0.310. The van der Waals surface area contributed by atoms with Gasteiger partial charge in [0.2, 0.25) is 12.3 Å². The van der Waals surface area contributed by atoms with Crippen molar-refractivity contribution in [2.75, 3.05) is 23.4 Å². The summed E-state index contributed by atoms with van der Waals surface area (Å²) in [5.74, 6) is 1.65. The minimum Gasteiger partial charge on any atom is -0.478 e. The van der Waals surface area contributed by atoms with Crippen molar-refractivity contribution in [3.05, 3.63) is 96.7 Å². The summed E-state index contributed by atoms with van der Waals surface area (Å²) in [5.41, 5.74) is 2.70. The van der Waals surface area contributed by atoms with E-state index in [1.54, 1.807) is 24.7 Å². The van der Waals surface area contributed by atoms with E-state index in [1.165, 1.54) is 0 Å². The van der Waals surface area contributed by atoms with Crippen LogP contribution in [0.3, 0.4) is 0 Å². The first-order chi connectivity index (χ1) is 18.2. The van der Waals surface area contributed by atoms with Gasteiger partial charge in [0.25, 0.3) is 0 Å². The molecule has 0 radical (unpaired) electrons. The lowest BCUT2D eigenvalue weighted by Crippen LogP contribution is -2.27. The fraction of sp³-hybridized carbons (Fsp3) is 0.286. The number of aliphatic hydroxyl groups excluding tert-OH is 1. The summed E-state index contributed by atoms with van der Waals surface area (Å²) < 4.78 is 11.0. The Kier molecular flexibility index (Phi) is 9.34. The van der Waals surface area contributed by atoms with Crippen LogP contribution in [-0.2, 0) is 4.74 Å². The third-order valence-electron chi connectivity index (χ3n) is 5.58. The monoisotopic (exact) mass is 500 g/mol. The number of unbranched alkanes of at least 4 members (excludes halogenated alkanes) is 1. The topological polar surface area (TPSA) is 106 Å². The van der Waals surface area contributed by atoms with Crippen molar-refractivity contribution in [3.8, 4) is 5.88 Å². The number of aromatic nitrogens is 4. The van der Waals surface area contributed by atoms with Crippen molar-refractivity contribution in [3.63, 3.8) is 0 Å². The zero-order valence-corrected chi connectivity index (χ0v) is 21.1. The Balaban J connectivity index is 1.77. The maximum absolute atomic E-state index is 10.3. The van der Waals surface area contributed by atoms with E-state index in [2.05, 4.69) is 32.1 Å². The fourth-order valence-corrected chi connectivity index (χ4v) is 3.87. The molecule has 0 aliphatic rings. The van der Waals surface area contributed by atoms with Crippen LogP contribution < -0.4 is 15.0 Å². The largest absolute Gasteiger partial charge is 0.478 e. The van der Waals surface area contributed by atoms with E-state index in [4.69, 9.17) is 14.5 Å². The molecular formula is C28H32N6O3. The summed E-state index contributed by atoms with van der Waals surface area (Å²) in [6, 6.07) is 16.9. The van der Waals surface area contributed by atoms with E-state index in [1.807, 2.05) is 67.8 Å². The van der Waals surface area contributed by atoms with Crippen LogP contribution in [0, 0.1) is 0 Å². The van der Waals surface area contributed by atoms with Gasteiger partial charge in [0.1, 0.15) is 11.6 Å². The molecule has 0 saturated heterocycles. The number of hydrogen-bond acceptors (Lipinski definition) is 9. The van der Waals surface area contributed by atoms with Gasteiger partial charge in [0, 0.05) is 30.9 Å². The number of anilines is 3. The second kappa shape index (κ2) is 13.3. The van der Waals surface area contributed by atoms with Crippen LogP contribution in [0.25, 0.3) is 0 Å². The smallest absolute Gasteiger partial charge is 0.236 e. The lowest BCUT2D eigenvalue weighted by molar-refractivity contribution is -0.0790. The molecule has 0 spiro atoms. The highest BCUT2D eigenvalue weighted by molar-refractivity contribution is 5.65. The highest BCUT2D eigenvalue weighted by atomic mass is 16.6. The quantitative estimate of drug-likeness (QED) is 0.192. The van der Waals surface area contributed by atoms with Crippen LogP contribution in [0.15, 0.2) is 85.6 Å². The number of hydrogen-bond donors (Lipinski definition) is 2. The number of pyridine rings is 4. The Labute approximate surface area is 217 Å². The number of nitrogens with one attached hydrogen (secondary N) is 1. The summed E-state index contributed by atoms with van der Waals surface area (Å²) >= 11 is 0. The molecule has 9 nitrogen and oxygen atoms in total. The lowest BCUT2D eigenvalue weighted by atomic mass is 9.99. The van der Waals surface area contributed by atoms with Crippen molar-refractivity contribution >= 4 is 17.3 Å². The Bertz CT molecular complexity index is 1170. The molecular weight excluding hydrogens is 468 g/mol. The van der Waals surface area contributed by atoms with Crippen molar-refractivity contribution in [1.82, 2.24) is 19.9 Å². The molecule has 0 aliphatic carbocycles. The van der Waals surface area contributed by atoms with Crippen LogP contribution >= 0.6 is 0 Å². The molecule has 0 fully saturated rings. The van der Waals surface area contributed by atoms with Gasteiger partial charge in [-0.05, 0) is 54.8 Å². The first-order valence-corrected chi connectivity index (χ1v) is 12.4. The average Bonchev–Trinajstić information content (AvgIpc) is 2.94. The van der Waals surface area contributed by atoms with Gasteiger partial charge in [0.05, 0.1) is 31.1 Å². The third kappa shape index (κ3) is 6.99. The van der Waals surface area contributed by atoms with Gasteiger partial charge in [-0.15, -0.1) is 0 Å². The summed E-state index contributed by atoms with van der Waals surface area (Å²) in [5, 5.41) is 13.2. The summed E-state index contributed by atoms with van der Waals surface area (Å²) in [6.07, 6.45) is 9.60. The fourth-order valence-electron chi connectivity index (χ4n) is 3.87. The van der Waals surface area contributed by atoms with Crippen LogP contribution in [0.2, 0.25) is 0 Å². The van der Waals surface area contributed by atoms with Crippen molar-refractivity contribution in [2.24, 2.45) is 0 Å². The number of aliphatic hydroxyl groups is 1. The van der Waals surface area contributed by atoms with Gasteiger partial charge in [0.15, 0.2) is 0 Å². The second-order valence-corrected chi connectivity index (χ2v) is 8.23. The Morgan fingerprint density at radius 2 is 1.68 bits per heavy atom. The van der Waals surface area contributed by atoms with Crippen molar-refractivity contribution in [2.45, 2.75) is 39.1 Å². The molecule has 4 aromatic rings. The molecule has 37 heavy (non-hydrogen) atoms. The molecule has 4 rings (SSSR count). The zero-order chi connectivity index (χ0) is 25.9. The van der Waals surface area contributed by atoms with E-state index >= 15 is 0 Å². The predicted octanol–water partition coefficient (Wildman–Crippen LogP) is 5.10. The predicted molar refractivity (Wildman–Crippen MR) is 143 cm³/mol. The SMILES string of the molecule is CCCCOC(O)Nc1cccc(N(c2ccc(OCC)nc2)C(c2cccnc2)c2cccnc2)n1. The number of ether oxygens (including phenoxy) is 2. The van der Waals surface area contributed by atoms with Gasteiger partial charge in [-0.3, -0.25) is 9.97 Å². The highest BCUT2D eigenvalue weighted by Gasteiger charge is 2.27. The summed E-state index contributed by atoms with van der Waals surface area (Å²) in [4.78, 5) is 20.1. The molecule has 0 aliphatic heterocycles. The molecule has 1 unspecified atom stereocenters. The van der Waals surface area contributed by atoms with E-state index in [0.717, 1.165) is 29.7 Å². The highest BCUT2D eigenvalue weighted by Crippen LogP contribution is 2.38. The van der Waals surface area contributed by atoms with Crippen molar-refractivity contribution < 1.29 is 14.6 Å². The van der Waals surface area contributed by atoms with Gasteiger partial charge < -0.3 is 24.8 Å². The van der Waals surface area contributed by atoms with E-state index in [-0.39, 0.29) is 6.04 Å². The Morgan fingerprint density at radius 3 is 2.27 bits per heavy atom. The van der Waals surface area contributed by atoms with Gasteiger partial charge in [-0.25, -0.2) is 9.97 Å². The molecule has 0 saturated carbocycles. The molecule has 2 N–H and O–H groups in total. The summed E-state index contributed by atoms with van der Waals surface area (Å²) in [7, 11) is 0. The minimum atomic E-state index is -1.16. The maximum Gasteiger partial charge on any atom is 0.236 e.